The van der Waals surface area contributed by atoms with Crippen LogP contribution in [0.25, 0.3) is 0 Å². The topological polar surface area (TPSA) is 34.3 Å². The van der Waals surface area contributed by atoms with Gasteiger partial charge in [0.25, 0.3) is 0 Å². The number of aryl methyl sites for hydroxylation is 1. The van der Waals surface area contributed by atoms with E-state index < -0.39 is 0 Å². The zero-order valence-electron chi connectivity index (χ0n) is 16.9. The maximum absolute atomic E-state index is 5.76. The fourth-order valence-corrected chi connectivity index (χ4v) is 3.54. The molecule has 3 heteroatoms. The summed E-state index contributed by atoms with van der Waals surface area (Å²) in [6.45, 7) is 3.76. The minimum Gasteiger partial charge on any atom is -0.491 e. The molecule has 0 amide bonds. The molecule has 0 spiro atoms. The fraction of sp³-hybridized carbons (Fsp3) is 0.667. The third-order valence-electron chi connectivity index (χ3n) is 5.37. The minimum absolute atomic E-state index is 0.323. The third kappa shape index (κ3) is 8.49. The molecule has 0 N–H and O–H groups in total. The second kappa shape index (κ2) is 11.5. The Labute approximate surface area is 165 Å². The molecule has 3 atom stereocenters. The van der Waals surface area contributed by atoms with E-state index in [0.717, 1.165) is 25.2 Å². The molecular formula is C24H36O3. The van der Waals surface area contributed by atoms with Crippen LogP contribution in [-0.4, -0.2) is 31.5 Å². The second-order valence-electron chi connectivity index (χ2n) is 7.93. The first-order valence-electron chi connectivity index (χ1n) is 11.0. The number of unbranched alkanes of at least 4 members (excludes halogenated alkanes) is 5. The van der Waals surface area contributed by atoms with Crippen molar-refractivity contribution in [1.29, 1.82) is 0 Å². The highest BCUT2D eigenvalue weighted by Crippen LogP contribution is 2.29. The molecule has 1 aromatic carbocycles. The first kappa shape index (κ1) is 20.4. The average molecular weight is 373 g/mol. The number of benzene rings is 1. The number of hydrogen-bond donors (Lipinski definition) is 0. The molecule has 27 heavy (non-hydrogen) atoms. The van der Waals surface area contributed by atoms with Gasteiger partial charge in [0.2, 0.25) is 0 Å². The molecule has 3 nitrogen and oxygen atoms in total. The van der Waals surface area contributed by atoms with Crippen molar-refractivity contribution in [3.05, 3.63) is 42.0 Å². The molecule has 0 saturated carbocycles. The molecule has 2 fully saturated rings. The highest BCUT2D eigenvalue weighted by molar-refractivity contribution is 5.28. The van der Waals surface area contributed by atoms with Crippen molar-refractivity contribution in [1.82, 2.24) is 0 Å². The Morgan fingerprint density at radius 3 is 2.78 bits per heavy atom. The molecule has 3 rings (SSSR count). The summed E-state index contributed by atoms with van der Waals surface area (Å²) < 4.78 is 16.6. The van der Waals surface area contributed by atoms with E-state index in [4.69, 9.17) is 14.2 Å². The van der Waals surface area contributed by atoms with Crippen LogP contribution >= 0.6 is 0 Å². The van der Waals surface area contributed by atoms with E-state index in [0.29, 0.717) is 24.9 Å². The highest BCUT2D eigenvalue weighted by atomic mass is 16.6. The first-order chi connectivity index (χ1) is 13.3. The van der Waals surface area contributed by atoms with E-state index in [1.54, 1.807) is 0 Å². The molecule has 0 bridgehead atoms. The molecule has 2 saturated heterocycles. The predicted octanol–water partition coefficient (Wildman–Crippen LogP) is 5.86. The number of allylic oxidation sites excluding steroid dienone is 1. The van der Waals surface area contributed by atoms with Crippen molar-refractivity contribution < 1.29 is 14.2 Å². The Bertz CT molecular complexity index is 564. The number of ether oxygens (including phenoxy) is 3. The van der Waals surface area contributed by atoms with Crippen LogP contribution in [0, 0.1) is 0 Å². The molecule has 2 aliphatic heterocycles. The van der Waals surface area contributed by atoms with Crippen LogP contribution in [0.5, 0.6) is 5.75 Å². The van der Waals surface area contributed by atoms with Gasteiger partial charge in [-0.15, -0.1) is 0 Å². The van der Waals surface area contributed by atoms with E-state index in [9.17, 15) is 0 Å². The predicted molar refractivity (Wildman–Crippen MR) is 110 cm³/mol. The van der Waals surface area contributed by atoms with Crippen LogP contribution in [0.4, 0.5) is 0 Å². The second-order valence-corrected chi connectivity index (χ2v) is 7.93. The average Bonchev–Trinajstić information content (AvgIpc) is 3.59. The van der Waals surface area contributed by atoms with Gasteiger partial charge >= 0.3 is 0 Å². The van der Waals surface area contributed by atoms with Crippen LogP contribution in [0.2, 0.25) is 0 Å². The van der Waals surface area contributed by atoms with Crippen LogP contribution in [0.3, 0.4) is 0 Å². The molecule has 3 unspecified atom stereocenters. The maximum Gasteiger partial charge on any atom is 0.119 e. The Kier molecular flexibility index (Phi) is 8.70. The summed E-state index contributed by atoms with van der Waals surface area (Å²) in [6.07, 6.45) is 18.6. The van der Waals surface area contributed by atoms with Gasteiger partial charge in [-0.25, -0.2) is 0 Å². The van der Waals surface area contributed by atoms with Crippen molar-refractivity contribution in [2.75, 3.05) is 13.2 Å². The Morgan fingerprint density at radius 2 is 1.93 bits per heavy atom. The number of hydrogen-bond acceptors (Lipinski definition) is 3. The highest BCUT2D eigenvalue weighted by Gasteiger charge is 2.36. The summed E-state index contributed by atoms with van der Waals surface area (Å²) in [6, 6.07) is 8.53. The zero-order chi connectivity index (χ0) is 18.7. The lowest BCUT2D eigenvalue weighted by atomic mass is 10.0. The van der Waals surface area contributed by atoms with Crippen molar-refractivity contribution in [2.45, 2.75) is 89.4 Å². The van der Waals surface area contributed by atoms with Gasteiger partial charge in [0.1, 0.15) is 18.5 Å². The Morgan fingerprint density at radius 1 is 1.07 bits per heavy atom. The molecule has 2 aliphatic rings. The standard InChI is InChI=1S/C24H36O3/c1-2-12-23-24(27-23)16-10-8-6-4-3-5-7-9-13-20-14-11-15-21(17-20)25-18-22-19-26-22/h8,10-11,14-15,17,22-24H,2-7,9,12-13,16,18-19H2,1H3/b10-8-. The van der Waals surface area contributed by atoms with Crippen LogP contribution in [0.15, 0.2) is 36.4 Å². The van der Waals surface area contributed by atoms with Crippen LogP contribution in [-0.2, 0) is 15.9 Å². The quantitative estimate of drug-likeness (QED) is 0.220. The SMILES string of the molecule is CCCC1OC1C/C=C\CCCCCCCc1cccc(OCC2CO2)c1. The lowest BCUT2D eigenvalue weighted by Crippen LogP contribution is -2.04. The van der Waals surface area contributed by atoms with Gasteiger partial charge < -0.3 is 14.2 Å². The Hall–Kier alpha value is -1.32. The molecule has 0 aliphatic carbocycles. The first-order valence-corrected chi connectivity index (χ1v) is 11.0. The van der Waals surface area contributed by atoms with Gasteiger partial charge in [-0.3, -0.25) is 0 Å². The normalized spacial score (nSPS) is 23.7. The van der Waals surface area contributed by atoms with Crippen molar-refractivity contribution >= 4 is 0 Å². The van der Waals surface area contributed by atoms with E-state index in [-0.39, 0.29) is 0 Å². The lowest BCUT2D eigenvalue weighted by Gasteiger charge is -2.07. The smallest absolute Gasteiger partial charge is 0.119 e. The largest absolute Gasteiger partial charge is 0.491 e. The molecule has 2 heterocycles. The van der Waals surface area contributed by atoms with Gasteiger partial charge in [0, 0.05) is 0 Å². The molecule has 150 valence electrons. The maximum atomic E-state index is 5.76. The van der Waals surface area contributed by atoms with Crippen LogP contribution in [0.1, 0.15) is 70.3 Å². The summed E-state index contributed by atoms with van der Waals surface area (Å²) >= 11 is 0. The van der Waals surface area contributed by atoms with Gasteiger partial charge in [0.05, 0.1) is 18.8 Å². The van der Waals surface area contributed by atoms with E-state index in [1.165, 1.54) is 56.9 Å². The van der Waals surface area contributed by atoms with Crippen molar-refractivity contribution in [2.24, 2.45) is 0 Å². The van der Waals surface area contributed by atoms with Gasteiger partial charge in [-0.2, -0.15) is 0 Å². The number of epoxide rings is 2. The van der Waals surface area contributed by atoms with Gasteiger partial charge in [-0.05, 0) is 56.2 Å². The van der Waals surface area contributed by atoms with Gasteiger partial charge in [0.15, 0.2) is 0 Å². The van der Waals surface area contributed by atoms with E-state index in [1.807, 2.05) is 6.07 Å². The summed E-state index contributed by atoms with van der Waals surface area (Å²) in [7, 11) is 0. The van der Waals surface area contributed by atoms with E-state index in [2.05, 4.69) is 37.3 Å². The molecule has 0 aromatic heterocycles. The summed E-state index contributed by atoms with van der Waals surface area (Å²) in [5, 5.41) is 0. The minimum atomic E-state index is 0.323. The van der Waals surface area contributed by atoms with Gasteiger partial charge in [-0.1, -0.05) is 56.9 Å². The molecular weight excluding hydrogens is 336 g/mol. The zero-order valence-corrected chi connectivity index (χ0v) is 16.9. The summed E-state index contributed by atoms with van der Waals surface area (Å²) in [5.41, 5.74) is 1.39. The Balaban J connectivity index is 1.15. The summed E-state index contributed by atoms with van der Waals surface area (Å²) in [4.78, 5) is 0. The molecule has 0 radical (unpaired) electrons. The van der Waals surface area contributed by atoms with Crippen molar-refractivity contribution in [3.63, 3.8) is 0 Å². The van der Waals surface area contributed by atoms with E-state index >= 15 is 0 Å². The number of rotatable bonds is 15. The summed E-state index contributed by atoms with van der Waals surface area (Å²) in [5.74, 6) is 0.979. The monoisotopic (exact) mass is 372 g/mol. The fourth-order valence-electron chi connectivity index (χ4n) is 3.54. The third-order valence-corrected chi connectivity index (χ3v) is 5.37. The lowest BCUT2D eigenvalue weighted by molar-refractivity contribution is 0.263. The molecule has 1 aromatic rings. The van der Waals surface area contributed by atoms with Crippen LogP contribution < -0.4 is 4.74 Å². The van der Waals surface area contributed by atoms with Crippen molar-refractivity contribution in [3.8, 4) is 5.75 Å².